The molecule has 0 aromatic carbocycles. The van der Waals surface area contributed by atoms with E-state index in [4.69, 9.17) is 5.84 Å². The van der Waals surface area contributed by atoms with Crippen LogP contribution in [0.1, 0.15) is 44.0 Å². The summed E-state index contributed by atoms with van der Waals surface area (Å²) in [5.74, 6) is 8.07. The highest BCUT2D eigenvalue weighted by molar-refractivity contribution is 5.58. The number of aryl methyl sites for hydroxylation is 1. The quantitative estimate of drug-likeness (QED) is 0.634. The molecule has 1 atom stereocenters. The number of rotatable bonds is 3. The summed E-state index contributed by atoms with van der Waals surface area (Å²) in [7, 11) is 0. The predicted molar refractivity (Wildman–Crippen MR) is 74.6 cm³/mol. The topological polar surface area (TPSA) is 67.1 Å². The van der Waals surface area contributed by atoms with Crippen LogP contribution in [0.3, 0.4) is 0 Å². The molecule has 0 amide bonds. The number of nitrogens with one attached hydrogen (secondary N) is 1. The van der Waals surface area contributed by atoms with Crippen LogP contribution >= 0.6 is 0 Å². The third-order valence-corrected chi connectivity index (χ3v) is 3.74. The van der Waals surface area contributed by atoms with Crippen LogP contribution in [0.15, 0.2) is 0 Å². The van der Waals surface area contributed by atoms with Crippen molar-refractivity contribution in [1.29, 1.82) is 0 Å². The summed E-state index contributed by atoms with van der Waals surface area (Å²) in [6.07, 6.45) is 4.97. The molecule has 0 saturated carbocycles. The lowest BCUT2D eigenvalue weighted by molar-refractivity contribution is 0.445. The van der Waals surface area contributed by atoms with E-state index in [2.05, 4.69) is 27.2 Å². The highest BCUT2D eigenvalue weighted by Gasteiger charge is 2.24. The van der Waals surface area contributed by atoms with Crippen molar-refractivity contribution in [1.82, 2.24) is 9.97 Å². The van der Waals surface area contributed by atoms with Crippen LogP contribution in [0.25, 0.3) is 0 Å². The maximum Gasteiger partial charge on any atom is 0.148 e. The van der Waals surface area contributed by atoms with Crippen LogP contribution in [0, 0.1) is 13.8 Å². The lowest BCUT2D eigenvalue weighted by atomic mass is 9.99. The molecule has 3 N–H and O–H groups in total. The van der Waals surface area contributed by atoms with Gasteiger partial charge in [-0.15, -0.1) is 0 Å². The number of anilines is 2. The standard InChI is InChI=1S/C13H23N5/c1-4-11-7-5-6-8-18(11)13-9(2)12(17-14)15-10(3)16-13/h11H,4-8,14H2,1-3H3,(H,15,16,17). The van der Waals surface area contributed by atoms with E-state index in [0.717, 1.165) is 36.0 Å². The number of nitrogens with zero attached hydrogens (tertiary/aromatic N) is 3. The first-order valence-electron chi connectivity index (χ1n) is 6.75. The lowest BCUT2D eigenvalue weighted by Crippen LogP contribution is -2.40. The molecule has 1 fully saturated rings. The van der Waals surface area contributed by atoms with E-state index in [9.17, 15) is 0 Å². The summed E-state index contributed by atoms with van der Waals surface area (Å²) in [6.45, 7) is 7.27. The molecule has 2 heterocycles. The Labute approximate surface area is 109 Å². The Morgan fingerprint density at radius 2 is 2.11 bits per heavy atom. The van der Waals surface area contributed by atoms with Gasteiger partial charge in [-0.2, -0.15) is 0 Å². The van der Waals surface area contributed by atoms with Crippen LogP contribution in [0.2, 0.25) is 0 Å². The summed E-state index contributed by atoms with van der Waals surface area (Å²) < 4.78 is 0. The second-order valence-electron chi connectivity index (χ2n) is 4.96. The van der Waals surface area contributed by atoms with Crippen LogP contribution in [0.5, 0.6) is 0 Å². The van der Waals surface area contributed by atoms with Crippen LogP contribution in [-0.2, 0) is 0 Å². The largest absolute Gasteiger partial charge is 0.353 e. The Morgan fingerprint density at radius 1 is 1.33 bits per heavy atom. The van der Waals surface area contributed by atoms with Crippen LogP contribution in [-0.4, -0.2) is 22.6 Å². The molecule has 1 aliphatic rings. The molecule has 18 heavy (non-hydrogen) atoms. The number of aromatic nitrogens is 2. The van der Waals surface area contributed by atoms with Gasteiger partial charge >= 0.3 is 0 Å². The molecule has 1 saturated heterocycles. The summed E-state index contributed by atoms with van der Waals surface area (Å²) in [6, 6.07) is 0.595. The SMILES string of the molecule is CCC1CCCCN1c1nc(C)nc(NN)c1C. The zero-order valence-electron chi connectivity index (χ0n) is 11.5. The van der Waals surface area contributed by atoms with Gasteiger partial charge in [-0.05, 0) is 39.5 Å². The highest BCUT2D eigenvalue weighted by atomic mass is 15.3. The second kappa shape index (κ2) is 5.52. The third-order valence-electron chi connectivity index (χ3n) is 3.74. The number of hydrogen-bond acceptors (Lipinski definition) is 5. The van der Waals surface area contributed by atoms with Crippen LogP contribution < -0.4 is 16.2 Å². The van der Waals surface area contributed by atoms with Crippen molar-refractivity contribution < 1.29 is 0 Å². The van der Waals surface area contributed by atoms with E-state index in [1.807, 2.05) is 13.8 Å². The van der Waals surface area contributed by atoms with E-state index in [-0.39, 0.29) is 0 Å². The fourth-order valence-electron chi connectivity index (χ4n) is 2.74. The molecule has 5 nitrogen and oxygen atoms in total. The Balaban J connectivity index is 2.39. The molecule has 5 heteroatoms. The van der Waals surface area contributed by atoms with Gasteiger partial charge in [0, 0.05) is 18.2 Å². The zero-order valence-corrected chi connectivity index (χ0v) is 11.5. The molecule has 100 valence electrons. The van der Waals surface area contributed by atoms with E-state index >= 15 is 0 Å². The van der Waals surface area contributed by atoms with Gasteiger partial charge in [0.1, 0.15) is 17.5 Å². The van der Waals surface area contributed by atoms with Gasteiger partial charge in [-0.25, -0.2) is 15.8 Å². The van der Waals surface area contributed by atoms with Gasteiger partial charge < -0.3 is 10.3 Å². The molecule has 0 bridgehead atoms. The van der Waals surface area contributed by atoms with Crippen molar-refractivity contribution >= 4 is 11.6 Å². The molecule has 2 rings (SSSR count). The molecule has 0 spiro atoms. The smallest absolute Gasteiger partial charge is 0.148 e. The molecular formula is C13H23N5. The third kappa shape index (κ3) is 2.41. The molecule has 0 aliphatic carbocycles. The summed E-state index contributed by atoms with van der Waals surface area (Å²) in [4.78, 5) is 11.4. The first-order chi connectivity index (χ1) is 8.67. The van der Waals surface area contributed by atoms with Gasteiger partial charge in [0.15, 0.2) is 0 Å². The van der Waals surface area contributed by atoms with Gasteiger partial charge in [-0.3, -0.25) is 0 Å². The van der Waals surface area contributed by atoms with Crippen molar-refractivity contribution in [3.8, 4) is 0 Å². The summed E-state index contributed by atoms with van der Waals surface area (Å²) in [5, 5.41) is 0. The maximum atomic E-state index is 5.53. The fourth-order valence-corrected chi connectivity index (χ4v) is 2.74. The molecule has 1 aromatic rings. The van der Waals surface area contributed by atoms with Gasteiger partial charge in [0.05, 0.1) is 0 Å². The van der Waals surface area contributed by atoms with E-state index in [1.54, 1.807) is 0 Å². The molecule has 0 radical (unpaired) electrons. The van der Waals surface area contributed by atoms with Crippen molar-refractivity contribution in [3.63, 3.8) is 0 Å². The molecule has 1 unspecified atom stereocenters. The number of piperidine rings is 1. The first kappa shape index (κ1) is 13.1. The zero-order chi connectivity index (χ0) is 13.1. The van der Waals surface area contributed by atoms with E-state index < -0.39 is 0 Å². The number of nitrogen functional groups attached to an aromatic ring is 1. The van der Waals surface area contributed by atoms with Gasteiger partial charge in [-0.1, -0.05) is 6.92 Å². The van der Waals surface area contributed by atoms with Crippen molar-refractivity contribution in [2.75, 3.05) is 16.9 Å². The van der Waals surface area contributed by atoms with Gasteiger partial charge in [0.2, 0.25) is 0 Å². The Bertz CT molecular complexity index is 418. The number of hydrazine groups is 1. The average molecular weight is 249 g/mol. The van der Waals surface area contributed by atoms with E-state index in [0.29, 0.717) is 6.04 Å². The molecular weight excluding hydrogens is 226 g/mol. The minimum atomic E-state index is 0.595. The van der Waals surface area contributed by atoms with Gasteiger partial charge in [0.25, 0.3) is 0 Å². The molecule has 1 aliphatic heterocycles. The maximum absolute atomic E-state index is 5.53. The average Bonchev–Trinajstić information content (AvgIpc) is 2.41. The van der Waals surface area contributed by atoms with Crippen molar-refractivity contribution in [2.24, 2.45) is 5.84 Å². The minimum Gasteiger partial charge on any atom is -0.353 e. The molecule has 1 aromatic heterocycles. The Hall–Kier alpha value is -1.36. The Morgan fingerprint density at radius 3 is 2.78 bits per heavy atom. The number of nitrogens with two attached hydrogens (primary N) is 1. The summed E-state index contributed by atoms with van der Waals surface area (Å²) in [5.41, 5.74) is 3.72. The monoisotopic (exact) mass is 249 g/mol. The first-order valence-corrected chi connectivity index (χ1v) is 6.75. The fraction of sp³-hybridized carbons (Fsp3) is 0.692. The minimum absolute atomic E-state index is 0.595. The highest BCUT2D eigenvalue weighted by Crippen LogP contribution is 2.29. The van der Waals surface area contributed by atoms with Crippen molar-refractivity contribution in [3.05, 3.63) is 11.4 Å². The van der Waals surface area contributed by atoms with E-state index in [1.165, 1.54) is 19.3 Å². The Kier molecular flexibility index (Phi) is 4.01. The van der Waals surface area contributed by atoms with Crippen molar-refractivity contribution in [2.45, 2.75) is 52.5 Å². The number of hydrogen-bond donors (Lipinski definition) is 2. The predicted octanol–water partition coefficient (Wildman–Crippen LogP) is 2.15. The normalized spacial score (nSPS) is 20.0. The second-order valence-corrected chi connectivity index (χ2v) is 4.96. The van der Waals surface area contributed by atoms with Crippen LogP contribution in [0.4, 0.5) is 11.6 Å². The lowest BCUT2D eigenvalue weighted by Gasteiger charge is -2.37. The summed E-state index contributed by atoms with van der Waals surface area (Å²) >= 11 is 0.